The number of hydrogen-bond donors (Lipinski definition) is 0. The Kier molecular flexibility index (Phi) is 9.78. The fourth-order valence-corrected chi connectivity index (χ4v) is 4.68. The van der Waals surface area contributed by atoms with E-state index in [2.05, 4.69) is 23.9 Å². The molecule has 0 aliphatic carbocycles. The summed E-state index contributed by atoms with van der Waals surface area (Å²) < 4.78 is 0. The predicted molar refractivity (Wildman–Crippen MR) is 142 cm³/mol. The zero-order valence-corrected chi connectivity index (χ0v) is 21.8. The summed E-state index contributed by atoms with van der Waals surface area (Å²) in [5.41, 5.74) is 2.74. The summed E-state index contributed by atoms with van der Waals surface area (Å²) in [6.45, 7) is 6.70. The van der Waals surface area contributed by atoms with Crippen LogP contribution in [-0.2, 0) is 0 Å². The molecule has 0 bridgehead atoms. The number of rotatable bonds is 11. The summed E-state index contributed by atoms with van der Waals surface area (Å²) in [6.07, 6.45) is 4.32. The van der Waals surface area contributed by atoms with Crippen LogP contribution in [0.15, 0.2) is 41.6 Å². The maximum Gasteiger partial charge on any atom is 0.130 e. The lowest BCUT2D eigenvalue weighted by Gasteiger charge is -2.25. The number of nitroso groups, excluding NO2 is 1. The third-order valence-corrected chi connectivity index (χ3v) is 6.90. The second-order valence-electron chi connectivity index (χ2n) is 8.14. The van der Waals surface area contributed by atoms with E-state index in [1.807, 2.05) is 12.1 Å². The molecule has 2 aromatic carbocycles. The molecule has 8 heteroatoms. The van der Waals surface area contributed by atoms with Gasteiger partial charge < -0.3 is 4.90 Å². The summed E-state index contributed by atoms with van der Waals surface area (Å²) in [7, 11) is 0. The number of benzene rings is 2. The predicted octanol–water partition coefficient (Wildman–Crippen LogP) is 9.23. The number of halogens is 4. The van der Waals surface area contributed by atoms with E-state index in [1.165, 1.54) is 0 Å². The molecule has 0 saturated heterocycles. The molecule has 3 aromatic rings. The molecule has 1 heterocycles. The third kappa shape index (κ3) is 6.58. The first-order valence-corrected chi connectivity index (χ1v) is 12.7. The monoisotopic (exact) mass is 525 g/mol. The van der Waals surface area contributed by atoms with Gasteiger partial charge in [0.15, 0.2) is 0 Å². The van der Waals surface area contributed by atoms with E-state index in [4.69, 9.17) is 51.4 Å². The molecular weight excluding hydrogens is 500 g/mol. The molecule has 0 unspecified atom stereocenters. The van der Waals surface area contributed by atoms with Gasteiger partial charge in [-0.25, -0.2) is 4.98 Å². The largest absolute Gasteiger partial charge is 0.301 e. The molecule has 0 aliphatic heterocycles. The molecule has 0 N–H and O–H groups in total. The average Bonchev–Trinajstić information content (AvgIpc) is 2.80. The maximum atomic E-state index is 12.1. The maximum absolute atomic E-state index is 12.1. The molecule has 0 aliphatic rings. The summed E-state index contributed by atoms with van der Waals surface area (Å²) in [5.74, 6) is 0. The van der Waals surface area contributed by atoms with Crippen molar-refractivity contribution in [3.8, 4) is 11.3 Å². The average molecular weight is 527 g/mol. The minimum absolute atomic E-state index is 0.416. The normalized spacial score (nSPS) is 12.5. The molecule has 33 heavy (non-hydrogen) atoms. The molecule has 3 rings (SSSR count). The molecule has 1 atom stereocenters. The van der Waals surface area contributed by atoms with Gasteiger partial charge in [-0.1, -0.05) is 84.3 Å². The van der Waals surface area contributed by atoms with Crippen LogP contribution in [0.2, 0.25) is 20.1 Å². The van der Waals surface area contributed by atoms with E-state index in [0.29, 0.717) is 37.8 Å². The third-order valence-electron chi connectivity index (χ3n) is 5.65. The number of hydrogen-bond acceptors (Lipinski definition) is 4. The van der Waals surface area contributed by atoms with Crippen LogP contribution in [0.4, 0.5) is 0 Å². The Hall–Kier alpha value is -1.43. The topological polar surface area (TPSA) is 45.6 Å². The van der Waals surface area contributed by atoms with Crippen LogP contribution in [0.25, 0.3) is 22.2 Å². The van der Waals surface area contributed by atoms with Crippen molar-refractivity contribution in [3.05, 3.63) is 67.0 Å². The van der Waals surface area contributed by atoms with Crippen molar-refractivity contribution in [2.24, 2.45) is 5.18 Å². The fraction of sp³-hybridized carbons (Fsp3) is 0.400. The second-order valence-corrected chi connectivity index (χ2v) is 9.80. The van der Waals surface area contributed by atoms with Crippen LogP contribution in [0.1, 0.15) is 51.1 Å². The highest BCUT2D eigenvalue weighted by Crippen LogP contribution is 2.37. The zero-order valence-electron chi connectivity index (χ0n) is 18.8. The van der Waals surface area contributed by atoms with Gasteiger partial charge in [0.1, 0.15) is 6.04 Å². The number of pyridine rings is 1. The van der Waals surface area contributed by atoms with E-state index in [0.717, 1.165) is 55.3 Å². The van der Waals surface area contributed by atoms with E-state index < -0.39 is 6.04 Å². The smallest absolute Gasteiger partial charge is 0.130 e. The van der Waals surface area contributed by atoms with Crippen molar-refractivity contribution in [1.82, 2.24) is 9.88 Å². The van der Waals surface area contributed by atoms with Gasteiger partial charge in [-0.3, -0.25) is 0 Å². The van der Waals surface area contributed by atoms with Gasteiger partial charge >= 0.3 is 0 Å². The lowest BCUT2D eigenvalue weighted by atomic mass is 9.98. The van der Waals surface area contributed by atoms with Gasteiger partial charge in [-0.15, -0.1) is 0 Å². The van der Waals surface area contributed by atoms with Crippen molar-refractivity contribution in [1.29, 1.82) is 0 Å². The van der Waals surface area contributed by atoms with Gasteiger partial charge in [0, 0.05) is 22.5 Å². The highest BCUT2D eigenvalue weighted by Gasteiger charge is 2.22. The number of unbranched alkanes of at least 4 members (excludes halogenated alkanes) is 2. The Labute approximate surface area is 215 Å². The number of nitrogens with zero attached hydrogens (tertiary/aromatic N) is 3. The van der Waals surface area contributed by atoms with Crippen LogP contribution >= 0.6 is 46.4 Å². The van der Waals surface area contributed by atoms with Crippen LogP contribution < -0.4 is 0 Å². The van der Waals surface area contributed by atoms with Gasteiger partial charge in [-0.2, -0.15) is 4.91 Å². The number of aromatic nitrogens is 1. The molecule has 176 valence electrons. The van der Waals surface area contributed by atoms with E-state index >= 15 is 0 Å². The first kappa shape index (κ1) is 26.2. The summed E-state index contributed by atoms with van der Waals surface area (Å²) >= 11 is 25.2. The molecule has 4 nitrogen and oxygen atoms in total. The quantitative estimate of drug-likeness (QED) is 0.234. The fourth-order valence-electron chi connectivity index (χ4n) is 3.85. The van der Waals surface area contributed by atoms with Crippen molar-refractivity contribution < 1.29 is 0 Å². The van der Waals surface area contributed by atoms with Crippen LogP contribution in [-0.4, -0.2) is 29.5 Å². The van der Waals surface area contributed by atoms with Crippen molar-refractivity contribution >= 4 is 57.3 Å². The Morgan fingerprint density at radius 3 is 2.21 bits per heavy atom. The second kappa shape index (κ2) is 12.3. The molecule has 0 amide bonds. The first-order chi connectivity index (χ1) is 15.9. The summed E-state index contributed by atoms with van der Waals surface area (Å²) in [5, 5.41) is 6.05. The van der Waals surface area contributed by atoms with E-state index in [-0.39, 0.29) is 0 Å². The highest BCUT2D eigenvalue weighted by molar-refractivity contribution is 6.42. The van der Waals surface area contributed by atoms with Crippen LogP contribution in [0.3, 0.4) is 0 Å². The van der Waals surface area contributed by atoms with Gasteiger partial charge in [-0.05, 0) is 61.8 Å². The van der Waals surface area contributed by atoms with Crippen LogP contribution in [0, 0.1) is 4.91 Å². The van der Waals surface area contributed by atoms with E-state index in [9.17, 15) is 4.91 Å². The molecular formula is C25H27Cl4N3O. The minimum Gasteiger partial charge on any atom is -0.301 e. The molecule has 0 saturated carbocycles. The first-order valence-electron chi connectivity index (χ1n) is 11.2. The highest BCUT2D eigenvalue weighted by atomic mass is 35.5. The standard InChI is InChI=1S/C25H27Cl4N3O/c1-3-5-9-32(10-6-4-2)15-24(31-33)18-14-23(16-7-8-20(27)21(28)11-16)30-25-19(18)12-17(26)13-22(25)29/h7-8,11-14,24H,3-6,9-10,15H2,1-2H3/t24-/m0/s1. The van der Waals surface area contributed by atoms with Gasteiger partial charge in [0.05, 0.1) is 26.3 Å². The minimum atomic E-state index is -0.597. The molecule has 0 spiro atoms. The molecule has 0 radical (unpaired) electrons. The van der Waals surface area contributed by atoms with E-state index in [1.54, 1.807) is 24.3 Å². The van der Waals surface area contributed by atoms with Crippen molar-refractivity contribution in [3.63, 3.8) is 0 Å². The Balaban J connectivity index is 2.13. The van der Waals surface area contributed by atoms with Crippen LogP contribution in [0.5, 0.6) is 0 Å². The van der Waals surface area contributed by atoms with Gasteiger partial charge in [0.2, 0.25) is 0 Å². The van der Waals surface area contributed by atoms with Gasteiger partial charge in [0.25, 0.3) is 0 Å². The lowest BCUT2D eigenvalue weighted by molar-refractivity contribution is 0.250. The molecule has 1 aromatic heterocycles. The Morgan fingerprint density at radius 2 is 1.61 bits per heavy atom. The SMILES string of the molecule is CCCCN(CCCC)C[C@H](N=O)c1cc(-c2ccc(Cl)c(Cl)c2)nc2c(Cl)cc(Cl)cc12. The zero-order chi connectivity index (χ0) is 24.0. The summed E-state index contributed by atoms with van der Waals surface area (Å²) in [4.78, 5) is 19.2. The Bertz CT molecular complexity index is 1110. The molecule has 0 fully saturated rings. The lowest BCUT2D eigenvalue weighted by Crippen LogP contribution is -2.30. The number of fused-ring (bicyclic) bond motifs is 1. The van der Waals surface area contributed by atoms with Crippen molar-refractivity contribution in [2.75, 3.05) is 19.6 Å². The summed E-state index contributed by atoms with van der Waals surface area (Å²) in [6, 6.07) is 10.1. The van der Waals surface area contributed by atoms with Crippen molar-refractivity contribution in [2.45, 2.75) is 45.6 Å². The Morgan fingerprint density at radius 1 is 0.909 bits per heavy atom.